The van der Waals surface area contributed by atoms with Gasteiger partial charge in [0, 0.05) is 5.92 Å². The van der Waals surface area contributed by atoms with Gasteiger partial charge < -0.3 is 4.79 Å². The molecule has 0 aromatic rings. The first kappa shape index (κ1) is 15.4. The van der Waals surface area contributed by atoms with E-state index < -0.39 is 22.0 Å². The zero-order chi connectivity index (χ0) is 13.8. The second kappa shape index (κ2) is 6.01. The van der Waals surface area contributed by atoms with E-state index in [2.05, 4.69) is 4.18 Å². The molecule has 1 aliphatic rings. The van der Waals surface area contributed by atoms with Gasteiger partial charge in [-0.25, -0.2) is 0 Å². The number of hydrogen-bond acceptors (Lipinski definition) is 4. The first-order valence-electron chi connectivity index (χ1n) is 5.61. The van der Waals surface area contributed by atoms with Crippen LogP contribution in [0.1, 0.15) is 25.7 Å². The van der Waals surface area contributed by atoms with E-state index in [4.69, 9.17) is 0 Å². The minimum atomic E-state index is -4.78. The van der Waals surface area contributed by atoms with Gasteiger partial charge in [-0.15, -0.1) is 0 Å². The molecular weight excluding hydrogens is 273 g/mol. The SMILES string of the molecule is O=CC1CCC(COS(=O)(=O)CC(F)(F)F)CC1. The summed E-state index contributed by atoms with van der Waals surface area (Å²) < 4.78 is 62.1. The van der Waals surface area contributed by atoms with Crippen LogP contribution in [0.15, 0.2) is 0 Å². The van der Waals surface area contributed by atoms with Gasteiger partial charge in [-0.2, -0.15) is 21.6 Å². The van der Waals surface area contributed by atoms with Gasteiger partial charge in [0.05, 0.1) is 6.61 Å². The summed E-state index contributed by atoms with van der Waals surface area (Å²) in [4.78, 5) is 10.5. The van der Waals surface area contributed by atoms with E-state index in [0.29, 0.717) is 25.7 Å². The summed E-state index contributed by atoms with van der Waals surface area (Å²) in [6.45, 7) is -0.232. The highest BCUT2D eigenvalue weighted by molar-refractivity contribution is 7.86. The molecule has 18 heavy (non-hydrogen) atoms. The van der Waals surface area contributed by atoms with Crippen molar-refractivity contribution in [1.29, 1.82) is 0 Å². The molecule has 0 N–H and O–H groups in total. The molecule has 8 heteroatoms. The molecule has 106 valence electrons. The van der Waals surface area contributed by atoms with E-state index in [1.54, 1.807) is 0 Å². The largest absolute Gasteiger partial charge is 0.405 e. The molecule has 0 radical (unpaired) electrons. The Morgan fingerprint density at radius 2 is 1.72 bits per heavy atom. The Morgan fingerprint density at radius 1 is 1.17 bits per heavy atom. The number of halogens is 3. The van der Waals surface area contributed by atoms with Gasteiger partial charge in [-0.1, -0.05) is 0 Å². The maximum Gasteiger partial charge on any atom is 0.405 e. The lowest BCUT2D eigenvalue weighted by molar-refractivity contribution is -0.112. The molecule has 0 saturated heterocycles. The minimum absolute atomic E-state index is 0.0203. The molecule has 0 heterocycles. The molecule has 0 atom stereocenters. The number of aldehydes is 1. The summed E-state index contributed by atoms with van der Waals surface area (Å²) in [6, 6.07) is 0. The van der Waals surface area contributed by atoms with E-state index in [9.17, 15) is 26.4 Å². The predicted octanol–water partition coefficient (Wildman–Crippen LogP) is 1.90. The summed E-state index contributed by atoms with van der Waals surface area (Å²) in [5, 5.41) is 0. The molecule has 1 saturated carbocycles. The molecule has 0 amide bonds. The Morgan fingerprint density at radius 3 is 2.17 bits per heavy atom. The van der Waals surface area contributed by atoms with Crippen LogP contribution in [0.4, 0.5) is 13.2 Å². The average Bonchev–Trinajstić information content (AvgIpc) is 2.24. The van der Waals surface area contributed by atoms with Gasteiger partial charge in [-0.05, 0) is 31.6 Å². The predicted molar refractivity (Wildman–Crippen MR) is 57.3 cm³/mol. The van der Waals surface area contributed by atoms with Crippen LogP contribution >= 0.6 is 0 Å². The van der Waals surface area contributed by atoms with Crippen LogP contribution in [0.5, 0.6) is 0 Å². The number of carbonyl (C=O) groups is 1. The topological polar surface area (TPSA) is 60.4 Å². The highest BCUT2D eigenvalue weighted by Gasteiger charge is 2.36. The van der Waals surface area contributed by atoms with Crippen molar-refractivity contribution in [2.75, 3.05) is 12.4 Å². The van der Waals surface area contributed by atoms with Crippen LogP contribution in [0.25, 0.3) is 0 Å². The summed E-state index contributed by atoms with van der Waals surface area (Å²) >= 11 is 0. The summed E-state index contributed by atoms with van der Waals surface area (Å²) in [6.07, 6.45) is -1.45. The third kappa shape index (κ3) is 5.81. The molecule has 0 aromatic carbocycles. The quantitative estimate of drug-likeness (QED) is 0.572. The van der Waals surface area contributed by atoms with Crippen molar-refractivity contribution in [2.45, 2.75) is 31.9 Å². The Labute approximate surface area is 104 Å². The fourth-order valence-electron chi connectivity index (χ4n) is 1.93. The molecule has 0 spiro atoms. The first-order chi connectivity index (χ1) is 8.22. The van der Waals surface area contributed by atoms with Crippen molar-refractivity contribution in [3.05, 3.63) is 0 Å². The normalized spacial score (nSPS) is 25.9. The second-order valence-electron chi connectivity index (χ2n) is 4.52. The molecule has 0 unspecified atom stereocenters. The smallest absolute Gasteiger partial charge is 0.303 e. The van der Waals surface area contributed by atoms with E-state index in [-0.39, 0.29) is 18.4 Å². The van der Waals surface area contributed by atoms with E-state index in [0.717, 1.165) is 6.29 Å². The van der Waals surface area contributed by atoms with Crippen LogP contribution in [0.3, 0.4) is 0 Å². The van der Waals surface area contributed by atoms with Crippen LogP contribution < -0.4 is 0 Å². The number of hydrogen-bond donors (Lipinski definition) is 0. The minimum Gasteiger partial charge on any atom is -0.303 e. The zero-order valence-corrected chi connectivity index (χ0v) is 10.5. The third-order valence-corrected chi connectivity index (χ3v) is 4.08. The number of rotatable bonds is 5. The van der Waals surface area contributed by atoms with Gasteiger partial charge in [0.15, 0.2) is 5.75 Å². The van der Waals surface area contributed by atoms with Gasteiger partial charge in [0.2, 0.25) is 0 Å². The number of carbonyl (C=O) groups excluding carboxylic acids is 1. The van der Waals surface area contributed by atoms with Crippen LogP contribution in [-0.2, 0) is 19.1 Å². The molecule has 4 nitrogen and oxygen atoms in total. The Bertz CT molecular complexity index is 369. The fraction of sp³-hybridized carbons (Fsp3) is 0.900. The lowest BCUT2D eigenvalue weighted by atomic mass is 9.83. The maximum atomic E-state index is 11.9. The lowest BCUT2D eigenvalue weighted by Gasteiger charge is -2.24. The number of alkyl halides is 3. The van der Waals surface area contributed by atoms with Gasteiger partial charge in [0.25, 0.3) is 10.1 Å². The maximum absolute atomic E-state index is 11.9. The fourth-order valence-corrected chi connectivity index (χ4v) is 2.82. The van der Waals surface area contributed by atoms with E-state index in [1.165, 1.54) is 0 Å². The van der Waals surface area contributed by atoms with Crippen molar-refractivity contribution in [3.63, 3.8) is 0 Å². The Kier molecular flexibility index (Phi) is 5.15. The highest BCUT2D eigenvalue weighted by Crippen LogP contribution is 2.28. The van der Waals surface area contributed by atoms with Crippen LogP contribution in [-0.4, -0.2) is 33.2 Å². The van der Waals surface area contributed by atoms with Crippen molar-refractivity contribution in [3.8, 4) is 0 Å². The lowest BCUT2D eigenvalue weighted by Crippen LogP contribution is -2.27. The van der Waals surface area contributed by atoms with Gasteiger partial charge in [0.1, 0.15) is 6.29 Å². The molecular formula is C10H15F3O4S. The van der Waals surface area contributed by atoms with Gasteiger partial charge >= 0.3 is 6.18 Å². The van der Waals surface area contributed by atoms with Crippen molar-refractivity contribution < 1.29 is 30.6 Å². The Balaban J connectivity index is 2.35. The summed E-state index contributed by atoms with van der Waals surface area (Å²) in [7, 11) is -4.55. The van der Waals surface area contributed by atoms with E-state index in [1.807, 2.05) is 0 Å². The second-order valence-corrected chi connectivity index (χ2v) is 6.16. The van der Waals surface area contributed by atoms with Crippen molar-refractivity contribution in [1.82, 2.24) is 0 Å². The molecule has 1 aliphatic carbocycles. The summed E-state index contributed by atoms with van der Waals surface area (Å²) in [5.74, 6) is -2.07. The van der Waals surface area contributed by atoms with Crippen molar-refractivity contribution in [2.24, 2.45) is 11.8 Å². The standard InChI is InChI=1S/C10H15F3O4S/c11-10(12,13)7-18(15,16)17-6-9-3-1-8(5-14)2-4-9/h5,8-9H,1-4,6-7H2. The third-order valence-electron chi connectivity index (χ3n) is 2.91. The Hall–Kier alpha value is -0.630. The monoisotopic (exact) mass is 288 g/mol. The van der Waals surface area contributed by atoms with Gasteiger partial charge in [-0.3, -0.25) is 4.18 Å². The zero-order valence-electron chi connectivity index (χ0n) is 9.65. The average molecular weight is 288 g/mol. The summed E-state index contributed by atoms with van der Waals surface area (Å²) in [5.41, 5.74) is 0. The van der Waals surface area contributed by atoms with Crippen LogP contribution in [0, 0.1) is 11.8 Å². The molecule has 0 aliphatic heterocycles. The van der Waals surface area contributed by atoms with Crippen LogP contribution in [0.2, 0.25) is 0 Å². The highest BCUT2D eigenvalue weighted by atomic mass is 32.2. The van der Waals surface area contributed by atoms with Crippen molar-refractivity contribution >= 4 is 16.4 Å². The molecule has 1 rings (SSSR count). The molecule has 0 aromatic heterocycles. The molecule has 1 fully saturated rings. The van der Waals surface area contributed by atoms with E-state index >= 15 is 0 Å². The first-order valence-corrected chi connectivity index (χ1v) is 7.19. The molecule has 0 bridgehead atoms.